The van der Waals surface area contributed by atoms with E-state index in [1.54, 1.807) is 0 Å². The number of aromatic amines is 1. The van der Waals surface area contributed by atoms with E-state index < -0.39 is 0 Å². The molecule has 1 aromatic heterocycles. The van der Waals surface area contributed by atoms with Crippen LogP contribution in [0.25, 0.3) is 11.1 Å². The van der Waals surface area contributed by atoms with Gasteiger partial charge in [0.25, 0.3) is 0 Å². The molecule has 1 heterocycles. The summed E-state index contributed by atoms with van der Waals surface area (Å²) < 4.78 is 0. The molecule has 1 heteroatoms. The maximum Gasteiger partial charge on any atom is 0.00869 e. The van der Waals surface area contributed by atoms with Gasteiger partial charge in [0, 0.05) is 18.0 Å². The average Bonchev–Trinajstić information content (AvgIpc) is 2.53. The highest BCUT2D eigenvalue weighted by molar-refractivity contribution is 5.66. The zero-order valence-electron chi connectivity index (χ0n) is 7.04. The van der Waals surface area contributed by atoms with Crippen molar-refractivity contribution in [2.75, 3.05) is 0 Å². The molecule has 0 aliphatic rings. The lowest BCUT2D eigenvalue weighted by Gasteiger charge is -1.97. The van der Waals surface area contributed by atoms with Crippen LogP contribution in [0.3, 0.4) is 0 Å². The van der Waals surface area contributed by atoms with E-state index in [0.29, 0.717) is 0 Å². The van der Waals surface area contributed by atoms with Gasteiger partial charge in [-0.3, -0.25) is 0 Å². The van der Waals surface area contributed by atoms with Gasteiger partial charge in [-0.05, 0) is 18.1 Å². The topological polar surface area (TPSA) is 15.8 Å². The van der Waals surface area contributed by atoms with E-state index in [-0.39, 0.29) is 0 Å². The first-order valence-corrected chi connectivity index (χ1v) is 4.07. The van der Waals surface area contributed by atoms with Crippen molar-refractivity contribution in [3.05, 3.63) is 48.3 Å². The number of nitrogens with one attached hydrogen (secondary N) is 1. The Morgan fingerprint density at radius 3 is 2.33 bits per heavy atom. The Kier molecular flexibility index (Phi) is 1.71. The molecule has 0 unspecified atom stereocenters. The third kappa shape index (κ3) is 1.14. The van der Waals surface area contributed by atoms with Gasteiger partial charge in [-0.15, -0.1) is 0 Å². The smallest absolute Gasteiger partial charge is 0.00869 e. The maximum atomic E-state index is 3.10. The summed E-state index contributed by atoms with van der Waals surface area (Å²) >= 11 is 0. The molecule has 2 rings (SSSR count). The summed E-state index contributed by atoms with van der Waals surface area (Å²) in [4.78, 5) is 3.10. The third-order valence-corrected chi connectivity index (χ3v) is 2.04. The summed E-state index contributed by atoms with van der Waals surface area (Å²) in [6.45, 7) is 2.11. The Balaban J connectivity index is 2.51. The van der Waals surface area contributed by atoms with E-state index in [1.807, 2.05) is 18.5 Å². The molecule has 1 nitrogen and oxygen atoms in total. The molecule has 0 aliphatic carbocycles. The molecule has 1 aromatic carbocycles. The Labute approximate surface area is 72.1 Å². The average molecular weight is 157 g/mol. The second-order valence-corrected chi connectivity index (χ2v) is 2.92. The van der Waals surface area contributed by atoms with Gasteiger partial charge in [-0.25, -0.2) is 0 Å². The van der Waals surface area contributed by atoms with Gasteiger partial charge in [0.1, 0.15) is 0 Å². The van der Waals surface area contributed by atoms with Crippen LogP contribution in [0.5, 0.6) is 0 Å². The first kappa shape index (κ1) is 7.17. The third-order valence-electron chi connectivity index (χ3n) is 2.04. The molecule has 0 bridgehead atoms. The van der Waals surface area contributed by atoms with Crippen molar-refractivity contribution in [1.29, 1.82) is 0 Å². The Hall–Kier alpha value is -1.50. The minimum absolute atomic E-state index is 1.27. The van der Waals surface area contributed by atoms with E-state index in [0.717, 1.165) is 0 Å². The number of hydrogen-bond acceptors (Lipinski definition) is 0. The predicted octanol–water partition coefficient (Wildman–Crippen LogP) is 2.99. The Morgan fingerprint density at radius 2 is 1.75 bits per heavy atom. The number of aryl methyl sites for hydroxylation is 1. The van der Waals surface area contributed by atoms with E-state index in [9.17, 15) is 0 Å². The fourth-order valence-corrected chi connectivity index (χ4v) is 1.37. The lowest BCUT2D eigenvalue weighted by molar-refractivity contribution is 1.39. The summed E-state index contributed by atoms with van der Waals surface area (Å²) in [6.07, 6.45) is 4.05. The zero-order chi connectivity index (χ0) is 8.39. The van der Waals surface area contributed by atoms with Crippen molar-refractivity contribution < 1.29 is 0 Å². The lowest BCUT2D eigenvalue weighted by atomic mass is 10.1. The van der Waals surface area contributed by atoms with Crippen LogP contribution in [-0.2, 0) is 0 Å². The monoisotopic (exact) mass is 157 g/mol. The summed E-state index contributed by atoms with van der Waals surface area (Å²) in [7, 11) is 0. The number of H-pyrrole nitrogens is 1. The van der Waals surface area contributed by atoms with Crippen molar-refractivity contribution in [2.45, 2.75) is 6.92 Å². The fraction of sp³-hybridized carbons (Fsp3) is 0.0909. The fourth-order valence-electron chi connectivity index (χ4n) is 1.37. The van der Waals surface area contributed by atoms with Gasteiger partial charge in [0.05, 0.1) is 0 Å². The van der Waals surface area contributed by atoms with Crippen molar-refractivity contribution in [3.63, 3.8) is 0 Å². The minimum atomic E-state index is 1.27. The maximum absolute atomic E-state index is 3.10. The van der Waals surface area contributed by atoms with Crippen LogP contribution in [0, 0.1) is 6.92 Å². The first-order valence-electron chi connectivity index (χ1n) is 4.07. The molecular weight excluding hydrogens is 146 g/mol. The molecule has 60 valence electrons. The molecule has 0 saturated carbocycles. The van der Waals surface area contributed by atoms with Crippen LogP contribution < -0.4 is 0 Å². The number of rotatable bonds is 1. The van der Waals surface area contributed by atoms with Crippen molar-refractivity contribution in [3.8, 4) is 11.1 Å². The largest absolute Gasteiger partial charge is 0.367 e. The van der Waals surface area contributed by atoms with Crippen LogP contribution >= 0.6 is 0 Å². The summed E-state index contributed by atoms with van der Waals surface area (Å²) in [5.41, 5.74) is 3.85. The van der Waals surface area contributed by atoms with E-state index in [2.05, 4.69) is 36.2 Å². The molecule has 0 fully saturated rings. The van der Waals surface area contributed by atoms with Crippen LogP contribution in [0.4, 0.5) is 0 Å². The van der Waals surface area contributed by atoms with Crippen molar-refractivity contribution in [2.24, 2.45) is 0 Å². The lowest BCUT2D eigenvalue weighted by Crippen LogP contribution is -1.74. The first-order chi connectivity index (χ1) is 5.88. The highest BCUT2D eigenvalue weighted by atomic mass is 14.6. The summed E-state index contributed by atoms with van der Waals surface area (Å²) in [6, 6.07) is 10.4. The van der Waals surface area contributed by atoms with Gasteiger partial charge >= 0.3 is 0 Å². The van der Waals surface area contributed by atoms with Crippen LogP contribution in [-0.4, -0.2) is 4.98 Å². The Morgan fingerprint density at radius 1 is 1.00 bits per heavy atom. The highest BCUT2D eigenvalue weighted by Crippen LogP contribution is 2.21. The normalized spacial score (nSPS) is 10.1. The molecule has 0 radical (unpaired) electrons. The molecule has 12 heavy (non-hydrogen) atoms. The second kappa shape index (κ2) is 2.86. The molecular formula is C11H11N. The van der Waals surface area contributed by atoms with E-state index >= 15 is 0 Å². The molecule has 2 aromatic rings. The molecule has 1 N–H and O–H groups in total. The number of hydrogen-bond donors (Lipinski definition) is 1. The molecule has 0 saturated heterocycles. The van der Waals surface area contributed by atoms with Gasteiger partial charge < -0.3 is 4.98 Å². The van der Waals surface area contributed by atoms with Crippen molar-refractivity contribution >= 4 is 0 Å². The predicted molar refractivity (Wildman–Crippen MR) is 51.0 cm³/mol. The van der Waals surface area contributed by atoms with E-state index in [1.165, 1.54) is 16.7 Å². The van der Waals surface area contributed by atoms with Crippen LogP contribution in [0.2, 0.25) is 0 Å². The second-order valence-electron chi connectivity index (χ2n) is 2.92. The molecule has 0 aliphatic heterocycles. The van der Waals surface area contributed by atoms with Gasteiger partial charge in [0.15, 0.2) is 0 Å². The molecule has 0 amide bonds. The standard InChI is InChI=1S/C11H11N/c1-9-7-12-8-11(9)10-5-3-2-4-6-10/h2-8,12H,1H3. The summed E-state index contributed by atoms with van der Waals surface area (Å²) in [5, 5.41) is 0. The SMILES string of the molecule is Cc1c[nH]cc1-c1ccccc1. The minimum Gasteiger partial charge on any atom is -0.367 e. The van der Waals surface area contributed by atoms with Gasteiger partial charge in [-0.1, -0.05) is 30.3 Å². The van der Waals surface area contributed by atoms with Crippen molar-refractivity contribution in [1.82, 2.24) is 4.98 Å². The van der Waals surface area contributed by atoms with Crippen LogP contribution in [0.15, 0.2) is 42.7 Å². The van der Waals surface area contributed by atoms with E-state index in [4.69, 9.17) is 0 Å². The zero-order valence-corrected chi connectivity index (χ0v) is 7.04. The quantitative estimate of drug-likeness (QED) is 0.655. The number of benzene rings is 1. The highest BCUT2D eigenvalue weighted by Gasteiger charge is 1.99. The molecule has 0 atom stereocenters. The Bertz CT molecular complexity index is 360. The van der Waals surface area contributed by atoms with Gasteiger partial charge in [0.2, 0.25) is 0 Å². The summed E-state index contributed by atoms with van der Waals surface area (Å²) in [5.74, 6) is 0. The van der Waals surface area contributed by atoms with Gasteiger partial charge in [-0.2, -0.15) is 0 Å². The number of aromatic nitrogens is 1. The molecule has 0 spiro atoms. The van der Waals surface area contributed by atoms with Crippen LogP contribution in [0.1, 0.15) is 5.56 Å².